The van der Waals surface area contributed by atoms with Gasteiger partial charge in [0.15, 0.2) is 5.78 Å². The van der Waals surface area contributed by atoms with Gasteiger partial charge in [-0.15, -0.1) is 0 Å². The SMILES string of the molecule is COc1cc(O)c2c(c1)[C@H](O)[C@@H](O)C[C@H]1O[C@@H]1C(=O)/C=C\CC(C)OC2=O. The van der Waals surface area contributed by atoms with E-state index >= 15 is 0 Å². The van der Waals surface area contributed by atoms with Crippen LogP contribution in [0.4, 0.5) is 0 Å². The van der Waals surface area contributed by atoms with E-state index in [1.165, 1.54) is 25.3 Å². The summed E-state index contributed by atoms with van der Waals surface area (Å²) in [6.07, 6.45) is -1.33. The lowest BCUT2D eigenvalue weighted by molar-refractivity contribution is -0.115. The van der Waals surface area contributed by atoms with Gasteiger partial charge in [-0.25, -0.2) is 4.79 Å². The van der Waals surface area contributed by atoms with E-state index in [1.54, 1.807) is 13.0 Å². The highest BCUT2D eigenvalue weighted by Crippen LogP contribution is 2.37. The van der Waals surface area contributed by atoms with Crippen LogP contribution < -0.4 is 4.74 Å². The topological polar surface area (TPSA) is 126 Å². The average molecular weight is 378 g/mol. The first kappa shape index (κ1) is 19.3. The summed E-state index contributed by atoms with van der Waals surface area (Å²) in [4.78, 5) is 24.6. The fraction of sp³-hybridized carbons (Fsp3) is 0.474. The van der Waals surface area contributed by atoms with Gasteiger partial charge in [0.1, 0.15) is 35.4 Å². The molecule has 1 aromatic carbocycles. The minimum Gasteiger partial charge on any atom is -0.507 e. The average Bonchev–Trinajstić information content (AvgIpc) is 3.38. The van der Waals surface area contributed by atoms with Crippen LogP contribution >= 0.6 is 0 Å². The number of fused-ring (bicyclic) bond motifs is 2. The van der Waals surface area contributed by atoms with Crippen LogP contribution in [0.1, 0.15) is 41.8 Å². The number of hydrogen-bond acceptors (Lipinski definition) is 8. The van der Waals surface area contributed by atoms with E-state index in [1.807, 2.05) is 0 Å². The van der Waals surface area contributed by atoms with E-state index < -0.39 is 42.2 Å². The molecule has 0 spiro atoms. The molecule has 146 valence electrons. The number of benzene rings is 1. The molecule has 1 aromatic rings. The predicted octanol–water partition coefficient (Wildman–Crippen LogP) is 1.03. The molecule has 3 rings (SSSR count). The summed E-state index contributed by atoms with van der Waals surface area (Å²) in [5, 5.41) is 31.2. The van der Waals surface area contributed by atoms with Crippen LogP contribution in [-0.2, 0) is 14.3 Å². The molecule has 27 heavy (non-hydrogen) atoms. The largest absolute Gasteiger partial charge is 0.507 e. The third kappa shape index (κ3) is 4.13. The van der Waals surface area contributed by atoms with Crippen LogP contribution in [0, 0.1) is 0 Å². The number of cyclic esters (lactones) is 1. The maximum atomic E-state index is 12.6. The van der Waals surface area contributed by atoms with E-state index in [2.05, 4.69) is 0 Å². The van der Waals surface area contributed by atoms with Gasteiger partial charge < -0.3 is 29.5 Å². The number of ether oxygens (including phenoxy) is 3. The van der Waals surface area contributed by atoms with Gasteiger partial charge in [0.25, 0.3) is 0 Å². The van der Waals surface area contributed by atoms with Crippen LogP contribution in [0.25, 0.3) is 0 Å². The Hall–Kier alpha value is -2.42. The standard InChI is InChI=1S/C19H22O8/c1-9-4-3-5-12(20)18-15(27-18)8-14(22)17(23)11-6-10(25-2)7-13(21)16(11)19(24)26-9/h3,5-7,9,14-15,17-18,21-23H,4,8H2,1-2H3/b5-3-/t9?,14-,15+,17-,18+/m0/s1. The molecule has 8 nitrogen and oxygen atoms in total. The molecule has 2 aliphatic rings. The monoisotopic (exact) mass is 378 g/mol. The van der Waals surface area contributed by atoms with Gasteiger partial charge in [-0.3, -0.25) is 4.79 Å². The molecule has 2 heterocycles. The third-order valence-corrected chi connectivity index (χ3v) is 4.64. The number of phenolic OH excluding ortho intramolecular Hbond substituents is 1. The Morgan fingerprint density at radius 2 is 1.96 bits per heavy atom. The van der Waals surface area contributed by atoms with E-state index in [9.17, 15) is 24.9 Å². The van der Waals surface area contributed by atoms with Crippen LogP contribution in [0.5, 0.6) is 11.5 Å². The number of esters is 1. The number of ketones is 1. The van der Waals surface area contributed by atoms with Gasteiger partial charge in [0.05, 0.1) is 19.3 Å². The Morgan fingerprint density at radius 1 is 1.22 bits per heavy atom. The van der Waals surface area contributed by atoms with Gasteiger partial charge in [0, 0.05) is 24.5 Å². The number of aliphatic hydroxyl groups excluding tert-OH is 2. The van der Waals surface area contributed by atoms with Crippen molar-refractivity contribution in [1.82, 2.24) is 0 Å². The summed E-state index contributed by atoms with van der Waals surface area (Å²) >= 11 is 0. The lowest BCUT2D eigenvalue weighted by atomic mass is 9.94. The molecule has 8 heteroatoms. The Kier molecular flexibility index (Phi) is 5.50. The van der Waals surface area contributed by atoms with E-state index in [4.69, 9.17) is 14.2 Å². The maximum absolute atomic E-state index is 12.6. The second kappa shape index (κ2) is 7.67. The van der Waals surface area contributed by atoms with Gasteiger partial charge >= 0.3 is 5.97 Å². The third-order valence-electron chi connectivity index (χ3n) is 4.64. The van der Waals surface area contributed by atoms with Crippen LogP contribution in [0.3, 0.4) is 0 Å². The molecular weight excluding hydrogens is 356 g/mol. The Bertz CT molecular complexity index is 771. The molecule has 0 amide bonds. The minimum absolute atomic E-state index is 0.00568. The summed E-state index contributed by atoms with van der Waals surface area (Å²) in [5.41, 5.74) is -0.257. The summed E-state index contributed by atoms with van der Waals surface area (Å²) in [7, 11) is 1.37. The molecule has 2 aliphatic heterocycles. The number of hydrogen-bond donors (Lipinski definition) is 3. The van der Waals surface area contributed by atoms with Crippen LogP contribution in [-0.4, -0.2) is 58.6 Å². The first-order chi connectivity index (χ1) is 12.8. The number of methoxy groups -OCH3 is 1. The van der Waals surface area contributed by atoms with Gasteiger partial charge in [-0.05, 0) is 19.1 Å². The van der Waals surface area contributed by atoms with Crippen molar-refractivity contribution < 1.29 is 39.1 Å². The van der Waals surface area contributed by atoms with Crippen LogP contribution in [0.2, 0.25) is 0 Å². The molecule has 0 saturated carbocycles. The second-order valence-electron chi connectivity index (χ2n) is 6.71. The molecule has 1 unspecified atom stereocenters. The van der Waals surface area contributed by atoms with Crippen molar-refractivity contribution in [3.8, 4) is 11.5 Å². The highest BCUT2D eigenvalue weighted by molar-refractivity contribution is 5.96. The Morgan fingerprint density at radius 3 is 2.67 bits per heavy atom. The van der Waals surface area contributed by atoms with Crippen molar-refractivity contribution >= 4 is 11.8 Å². The van der Waals surface area contributed by atoms with E-state index in [0.717, 1.165) is 0 Å². The number of epoxide rings is 1. The number of phenols is 1. The van der Waals surface area contributed by atoms with Crippen LogP contribution in [0.15, 0.2) is 24.3 Å². The van der Waals surface area contributed by atoms with Gasteiger partial charge in [-0.1, -0.05) is 6.08 Å². The summed E-state index contributed by atoms with van der Waals surface area (Å²) in [6, 6.07) is 2.59. The van der Waals surface area contributed by atoms with Crippen molar-refractivity contribution in [1.29, 1.82) is 0 Å². The first-order valence-corrected chi connectivity index (χ1v) is 8.65. The minimum atomic E-state index is -1.51. The second-order valence-corrected chi connectivity index (χ2v) is 6.71. The zero-order valence-electron chi connectivity index (χ0n) is 15.0. The van der Waals surface area contributed by atoms with Gasteiger partial charge in [0.2, 0.25) is 0 Å². The number of aliphatic hydroxyl groups is 2. The number of carbonyl (C=O) groups excluding carboxylic acids is 2. The lowest BCUT2D eigenvalue weighted by Crippen LogP contribution is -2.25. The molecule has 3 N–H and O–H groups in total. The molecule has 0 radical (unpaired) electrons. The van der Waals surface area contributed by atoms with Crippen molar-refractivity contribution in [2.45, 2.75) is 50.3 Å². The fourth-order valence-electron chi connectivity index (χ4n) is 3.10. The molecule has 0 bridgehead atoms. The molecule has 0 aromatic heterocycles. The summed E-state index contributed by atoms with van der Waals surface area (Å²) in [5.74, 6) is -1.30. The molecular formula is C19H22O8. The number of carbonyl (C=O) groups is 2. The van der Waals surface area contributed by atoms with E-state index in [-0.39, 0.29) is 29.1 Å². The van der Waals surface area contributed by atoms with Crippen molar-refractivity contribution in [3.05, 3.63) is 35.4 Å². The highest BCUT2D eigenvalue weighted by atomic mass is 16.6. The lowest BCUT2D eigenvalue weighted by Gasteiger charge is -2.22. The normalized spacial score (nSPS) is 32.5. The zero-order chi connectivity index (χ0) is 19.7. The molecule has 5 atom stereocenters. The number of aromatic hydroxyl groups is 1. The van der Waals surface area contributed by atoms with Crippen molar-refractivity contribution in [2.75, 3.05) is 7.11 Å². The molecule has 1 fully saturated rings. The van der Waals surface area contributed by atoms with Gasteiger partial charge in [-0.2, -0.15) is 0 Å². The highest BCUT2D eigenvalue weighted by Gasteiger charge is 2.45. The summed E-state index contributed by atoms with van der Waals surface area (Å²) in [6.45, 7) is 1.64. The van der Waals surface area contributed by atoms with Crippen molar-refractivity contribution in [2.24, 2.45) is 0 Å². The predicted molar refractivity (Wildman–Crippen MR) is 92.5 cm³/mol. The quantitative estimate of drug-likeness (QED) is 0.489. The Balaban J connectivity index is 2.00. The molecule has 1 saturated heterocycles. The maximum Gasteiger partial charge on any atom is 0.342 e. The summed E-state index contributed by atoms with van der Waals surface area (Å²) < 4.78 is 15.7. The van der Waals surface area contributed by atoms with E-state index in [0.29, 0.717) is 6.42 Å². The number of rotatable bonds is 1. The van der Waals surface area contributed by atoms with Crippen molar-refractivity contribution in [3.63, 3.8) is 0 Å². The first-order valence-electron chi connectivity index (χ1n) is 8.65. The Labute approximate surface area is 156 Å². The smallest absolute Gasteiger partial charge is 0.342 e. The molecule has 0 aliphatic carbocycles. The fourth-order valence-corrected chi connectivity index (χ4v) is 3.10. The zero-order valence-corrected chi connectivity index (χ0v) is 15.0.